The Bertz CT molecular complexity index is 700. The quantitative estimate of drug-likeness (QED) is 0.763. The van der Waals surface area contributed by atoms with E-state index in [1.54, 1.807) is 0 Å². The second kappa shape index (κ2) is 9.09. The number of nitrogens with zero attached hydrogens (tertiary/aromatic N) is 1. The zero-order valence-electron chi connectivity index (χ0n) is 15.0. The lowest BCUT2D eigenvalue weighted by Gasteiger charge is -2.36. The van der Waals surface area contributed by atoms with E-state index in [2.05, 4.69) is 29.2 Å². The van der Waals surface area contributed by atoms with Crippen LogP contribution in [-0.4, -0.2) is 35.8 Å². The van der Waals surface area contributed by atoms with Gasteiger partial charge in [0.05, 0.1) is 22.8 Å². The Morgan fingerprint density at radius 2 is 1.81 bits per heavy atom. The Balaban J connectivity index is 1.68. The first kappa shape index (κ1) is 19.5. The van der Waals surface area contributed by atoms with Crippen LogP contribution in [-0.2, 0) is 13.0 Å². The predicted molar refractivity (Wildman–Crippen MR) is 107 cm³/mol. The molecule has 0 aromatic heterocycles. The fraction of sp³-hybridized carbons (Fsp3) is 0.429. The number of hydrogen-bond acceptors (Lipinski definition) is 3. The first-order chi connectivity index (χ1) is 12.6. The Morgan fingerprint density at radius 3 is 2.46 bits per heavy atom. The molecule has 0 aliphatic carbocycles. The molecule has 0 amide bonds. The molecule has 1 aliphatic heterocycles. The first-order valence-corrected chi connectivity index (χ1v) is 9.87. The SMILES string of the molecule is CCOc1c(Cl)cc(CC2CN(Cc3ccccc3)CCC2O)cc1Cl. The second-order valence-electron chi connectivity index (χ2n) is 6.86. The van der Waals surface area contributed by atoms with E-state index in [1.807, 2.05) is 25.1 Å². The molecule has 5 heteroatoms. The molecule has 2 atom stereocenters. The van der Waals surface area contributed by atoms with Crippen molar-refractivity contribution in [2.45, 2.75) is 32.4 Å². The third-order valence-electron chi connectivity index (χ3n) is 4.87. The number of rotatable bonds is 6. The summed E-state index contributed by atoms with van der Waals surface area (Å²) in [5.41, 5.74) is 2.34. The average Bonchev–Trinajstić information content (AvgIpc) is 2.62. The van der Waals surface area contributed by atoms with Gasteiger partial charge in [0.2, 0.25) is 0 Å². The maximum atomic E-state index is 10.5. The van der Waals surface area contributed by atoms with Gasteiger partial charge >= 0.3 is 0 Å². The summed E-state index contributed by atoms with van der Waals surface area (Å²) < 4.78 is 5.50. The molecular weight excluding hydrogens is 369 g/mol. The van der Waals surface area contributed by atoms with Crippen molar-refractivity contribution >= 4 is 23.2 Å². The molecule has 0 saturated carbocycles. The highest BCUT2D eigenvalue weighted by Crippen LogP contribution is 2.35. The maximum Gasteiger partial charge on any atom is 0.156 e. The molecule has 3 rings (SSSR count). The van der Waals surface area contributed by atoms with Gasteiger partial charge in [-0.05, 0) is 43.0 Å². The fourth-order valence-corrected chi connectivity index (χ4v) is 4.24. The van der Waals surface area contributed by atoms with Gasteiger partial charge in [-0.3, -0.25) is 4.90 Å². The van der Waals surface area contributed by atoms with E-state index >= 15 is 0 Å². The van der Waals surface area contributed by atoms with Crippen LogP contribution >= 0.6 is 23.2 Å². The minimum absolute atomic E-state index is 0.164. The number of aliphatic hydroxyl groups excluding tert-OH is 1. The van der Waals surface area contributed by atoms with E-state index in [9.17, 15) is 5.11 Å². The van der Waals surface area contributed by atoms with Crippen LogP contribution in [0.4, 0.5) is 0 Å². The number of likely N-dealkylation sites (tertiary alicyclic amines) is 1. The van der Waals surface area contributed by atoms with Crippen LogP contribution in [0.2, 0.25) is 10.0 Å². The molecule has 0 radical (unpaired) electrons. The second-order valence-corrected chi connectivity index (χ2v) is 7.68. The molecule has 0 spiro atoms. The largest absolute Gasteiger partial charge is 0.491 e. The van der Waals surface area contributed by atoms with Crippen molar-refractivity contribution in [2.24, 2.45) is 5.92 Å². The Labute approximate surface area is 165 Å². The molecule has 1 fully saturated rings. The van der Waals surface area contributed by atoms with Crippen molar-refractivity contribution in [3.8, 4) is 5.75 Å². The van der Waals surface area contributed by atoms with Gasteiger partial charge in [-0.1, -0.05) is 53.5 Å². The minimum atomic E-state index is -0.300. The molecule has 140 valence electrons. The van der Waals surface area contributed by atoms with Gasteiger partial charge < -0.3 is 9.84 Å². The lowest BCUT2D eigenvalue weighted by Crippen LogP contribution is -2.43. The number of halogens is 2. The van der Waals surface area contributed by atoms with Crippen molar-refractivity contribution < 1.29 is 9.84 Å². The fourth-order valence-electron chi connectivity index (χ4n) is 3.60. The van der Waals surface area contributed by atoms with Crippen LogP contribution in [0.25, 0.3) is 0 Å². The van der Waals surface area contributed by atoms with E-state index in [1.165, 1.54) is 5.56 Å². The number of ether oxygens (including phenoxy) is 1. The Hall–Kier alpha value is -1.26. The molecular formula is C21H25Cl2NO2. The van der Waals surface area contributed by atoms with E-state index < -0.39 is 0 Å². The van der Waals surface area contributed by atoms with Crippen molar-refractivity contribution in [3.05, 3.63) is 63.6 Å². The first-order valence-electron chi connectivity index (χ1n) is 9.12. The van der Waals surface area contributed by atoms with Crippen molar-refractivity contribution in [3.63, 3.8) is 0 Å². The van der Waals surface area contributed by atoms with Gasteiger partial charge in [-0.2, -0.15) is 0 Å². The van der Waals surface area contributed by atoms with Crippen LogP contribution < -0.4 is 4.74 Å². The van der Waals surface area contributed by atoms with Crippen LogP contribution in [0.1, 0.15) is 24.5 Å². The molecule has 2 aromatic carbocycles. The van der Waals surface area contributed by atoms with Gasteiger partial charge in [0.1, 0.15) is 0 Å². The normalized spacial score (nSPS) is 20.9. The third-order valence-corrected chi connectivity index (χ3v) is 5.43. The summed E-state index contributed by atoms with van der Waals surface area (Å²) in [6, 6.07) is 14.3. The summed E-state index contributed by atoms with van der Waals surface area (Å²) in [6.45, 7) is 5.11. The molecule has 2 unspecified atom stereocenters. The van der Waals surface area contributed by atoms with Crippen LogP contribution in [0.3, 0.4) is 0 Å². The zero-order chi connectivity index (χ0) is 18.5. The third kappa shape index (κ3) is 4.92. The highest BCUT2D eigenvalue weighted by Gasteiger charge is 2.28. The van der Waals surface area contributed by atoms with Gasteiger partial charge in [-0.15, -0.1) is 0 Å². The van der Waals surface area contributed by atoms with Gasteiger partial charge in [0.15, 0.2) is 5.75 Å². The molecule has 0 bridgehead atoms. The molecule has 1 aliphatic rings. The lowest BCUT2D eigenvalue weighted by molar-refractivity contribution is 0.0239. The summed E-state index contributed by atoms with van der Waals surface area (Å²) in [5.74, 6) is 0.701. The number of hydrogen-bond donors (Lipinski definition) is 1. The molecule has 2 aromatic rings. The zero-order valence-corrected chi connectivity index (χ0v) is 16.5. The average molecular weight is 394 g/mol. The molecule has 26 heavy (non-hydrogen) atoms. The van der Waals surface area contributed by atoms with Gasteiger partial charge in [-0.25, -0.2) is 0 Å². The Kier molecular flexibility index (Phi) is 6.82. The molecule has 1 saturated heterocycles. The molecule has 1 N–H and O–H groups in total. The maximum absolute atomic E-state index is 10.5. The van der Waals surface area contributed by atoms with Gasteiger partial charge in [0, 0.05) is 25.6 Å². The Morgan fingerprint density at radius 1 is 1.12 bits per heavy atom. The summed E-state index contributed by atoms with van der Waals surface area (Å²) in [7, 11) is 0. The van der Waals surface area contributed by atoms with Crippen molar-refractivity contribution in [1.29, 1.82) is 0 Å². The topological polar surface area (TPSA) is 32.7 Å². The standard InChI is InChI=1S/C21H25Cl2NO2/c1-2-26-21-18(22)11-16(12-19(21)23)10-17-14-24(9-8-20(17)25)13-15-6-4-3-5-7-15/h3-7,11-12,17,20,25H,2,8-10,13-14H2,1H3. The number of benzene rings is 2. The van der Waals surface area contributed by atoms with E-state index in [4.69, 9.17) is 27.9 Å². The lowest BCUT2D eigenvalue weighted by atomic mass is 9.88. The molecule has 1 heterocycles. The highest BCUT2D eigenvalue weighted by molar-refractivity contribution is 6.37. The van der Waals surface area contributed by atoms with E-state index in [0.717, 1.165) is 38.0 Å². The van der Waals surface area contributed by atoms with Crippen molar-refractivity contribution in [1.82, 2.24) is 4.90 Å². The number of aliphatic hydroxyl groups is 1. The smallest absolute Gasteiger partial charge is 0.156 e. The predicted octanol–water partition coefficient (Wildman–Crippen LogP) is 4.82. The monoisotopic (exact) mass is 393 g/mol. The van der Waals surface area contributed by atoms with Crippen LogP contribution in [0.5, 0.6) is 5.75 Å². The number of piperidine rings is 1. The van der Waals surface area contributed by atoms with Crippen LogP contribution in [0, 0.1) is 5.92 Å². The van der Waals surface area contributed by atoms with E-state index in [0.29, 0.717) is 22.4 Å². The minimum Gasteiger partial charge on any atom is -0.491 e. The summed E-state index contributed by atoms with van der Waals surface area (Å²) in [5, 5.41) is 11.5. The highest BCUT2D eigenvalue weighted by atomic mass is 35.5. The van der Waals surface area contributed by atoms with Crippen molar-refractivity contribution in [2.75, 3.05) is 19.7 Å². The summed E-state index contributed by atoms with van der Waals surface area (Å²) in [4.78, 5) is 2.41. The van der Waals surface area contributed by atoms with Crippen LogP contribution in [0.15, 0.2) is 42.5 Å². The van der Waals surface area contributed by atoms with Gasteiger partial charge in [0.25, 0.3) is 0 Å². The summed E-state index contributed by atoms with van der Waals surface area (Å²) in [6.07, 6.45) is 1.24. The molecule has 3 nitrogen and oxygen atoms in total. The summed E-state index contributed by atoms with van der Waals surface area (Å²) >= 11 is 12.6. The van der Waals surface area contributed by atoms with E-state index in [-0.39, 0.29) is 12.0 Å².